The molecule has 0 rings (SSSR count). The van der Waals surface area contributed by atoms with Gasteiger partial charge >= 0.3 is 5.97 Å². The summed E-state index contributed by atoms with van der Waals surface area (Å²) in [7, 11) is -4.47. The molecule has 0 fully saturated rings. The van der Waals surface area contributed by atoms with Gasteiger partial charge in [0.2, 0.25) is 5.44 Å². The molecule has 0 radical (unpaired) electrons. The monoisotopic (exact) mass is 304 g/mol. The van der Waals surface area contributed by atoms with E-state index in [-0.39, 0.29) is 12.2 Å². The zero-order valence-corrected chi connectivity index (χ0v) is 12.4. The van der Waals surface area contributed by atoms with E-state index in [9.17, 15) is 18.3 Å². The summed E-state index contributed by atoms with van der Waals surface area (Å²) >= 11 is 0. The third kappa shape index (κ3) is 7.88. The predicted molar refractivity (Wildman–Crippen MR) is 75.5 cm³/mol. The molecule has 114 valence electrons. The Hall–Kier alpha value is -1.44. The number of carbonyl (C=O) groups is 1. The highest BCUT2D eigenvalue weighted by Gasteiger charge is 2.20. The molecule has 0 bridgehead atoms. The number of allylic oxidation sites excluding steroid dienone is 2. The van der Waals surface area contributed by atoms with Crippen molar-refractivity contribution in [2.24, 2.45) is 0 Å². The van der Waals surface area contributed by atoms with Crippen LogP contribution in [0.2, 0.25) is 0 Å². The molecule has 2 N–H and O–H groups in total. The lowest BCUT2D eigenvalue weighted by Crippen LogP contribution is -2.20. The Morgan fingerprint density at radius 3 is 2.45 bits per heavy atom. The number of aliphatic hydroxyl groups excluding tert-OH is 1. The first-order valence-electron chi connectivity index (χ1n) is 5.94. The van der Waals surface area contributed by atoms with Crippen molar-refractivity contribution in [2.45, 2.75) is 32.1 Å². The molecule has 0 spiro atoms. The molecule has 0 heterocycles. The molecule has 0 amide bonds. The standard InChI is InChI=1S/C13H20O6S/c1-4-12(14)19-9-8-10(2)6-5-7-11(3)13(15)20(16,17)18/h4,7-8,13,15H,1,5-6,9H2,2-3H3,(H,16,17,18). The van der Waals surface area contributed by atoms with E-state index < -0.39 is 21.5 Å². The van der Waals surface area contributed by atoms with E-state index in [1.54, 1.807) is 6.08 Å². The van der Waals surface area contributed by atoms with Gasteiger partial charge in [-0.3, -0.25) is 4.55 Å². The van der Waals surface area contributed by atoms with Gasteiger partial charge in [0.1, 0.15) is 6.61 Å². The van der Waals surface area contributed by atoms with E-state index in [1.807, 2.05) is 6.92 Å². The van der Waals surface area contributed by atoms with Crippen molar-refractivity contribution in [1.29, 1.82) is 0 Å². The molecule has 0 aliphatic rings. The summed E-state index contributed by atoms with van der Waals surface area (Å²) in [5, 5.41) is 9.26. The average Bonchev–Trinajstić information content (AvgIpc) is 2.36. The van der Waals surface area contributed by atoms with Gasteiger partial charge in [-0.15, -0.1) is 0 Å². The first kappa shape index (κ1) is 18.6. The second-order valence-corrected chi connectivity index (χ2v) is 5.72. The molecule has 0 aromatic heterocycles. The van der Waals surface area contributed by atoms with Crippen LogP contribution in [0.3, 0.4) is 0 Å². The molecule has 1 unspecified atom stereocenters. The molecule has 7 heteroatoms. The quantitative estimate of drug-likeness (QED) is 0.306. The Balaban J connectivity index is 4.25. The van der Waals surface area contributed by atoms with Gasteiger partial charge in [-0.25, -0.2) is 4.79 Å². The number of hydrogen-bond acceptors (Lipinski definition) is 5. The lowest BCUT2D eigenvalue weighted by Gasteiger charge is -2.07. The summed E-state index contributed by atoms with van der Waals surface area (Å²) in [6.45, 7) is 6.67. The van der Waals surface area contributed by atoms with Crippen LogP contribution in [-0.4, -0.2) is 36.1 Å². The summed E-state index contributed by atoms with van der Waals surface area (Å²) in [5.41, 5.74) is -0.772. The highest BCUT2D eigenvalue weighted by atomic mass is 32.2. The second-order valence-electron chi connectivity index (χ2n) is 4.24. The van der Waals surface area contributed by atoms with Crippen LogP contribution in [0.15, 0.2) is 36.0 Å². The van der Waals surface area contributed by atoms with Gasteiger partial charge in [0.25, 0.3) is 10.1 Å². The van der Waals surface area contributed by atoms with Gasteiger partial charge in [0, 0.05) is 6.08 Å². The predicted octanol–water partition coefficient (Wildman–Crippen LogP) is 1.59. The third-order valence-corrected chi connectivity index (χ3v) is 3.44. The molecule has 1 atom stereocenters. The highest BCUT2D eigenvalue weighted by Crippen LogP contribution is 2.11. The van der Waals surface area contributed by atoms with Crippen molar-refractivity contribution in [1.82, 2.24) is 0 Å². The van der Waals surface area contributed by atoms with Crippen LogP contribution in [0.4, 0.5) is 0 Å². The van der Waals surface area contributed by atoms with Crippen LogP contribution in [0.1, 0.15) is 26.7 Å². The van der Waals surface area contributed by atoms with Crippen LogP contribution >= 0.6 is 0 Å². The Morgan fingerprint density at radius 2 is 1.95 bits per heavy atom. The first-order chi connectivity index (χ1) is 9.18. The minimum absolute atomic E-state index is 0.146. The minimum atomic E-state index is -4.47. The molecule has 20 heavy (non-hydrogen) atoms. The highest BCUT2D eigenvalue weighted by molar-refractivity contribution is 7.86. The fourth-order valence-electron chi connectivity index (χ4n) is 1.29. The number of ether oxygens (including phenoxy) is 1. The maximum atomic E-state index is 10.8. The van der Waals surface area contributed by atoms with Gasteiger partial charge in [-0.05, 0) is 38.3 Å². The van der Waals surface area contributed by atoms with E-state index in [1.165, 1.54) is 13.0 Å². The number of hydrogen-bond donors (Lipinski definition) is 2. The fourth-order valence-corrected chi connectivity index (χ4v) is 1.86. The van der Waals surface area contributed by atoms with Crippen LogP contribution in [0.5, 0.6) is 0 Å². The molecule has 6 nitrogen and oxygen atoms in total. The van der Waals surface area contributed by atoms with Gasteiger partial charge in [-0.2, -0.15) is 8.42 Å². The molecule has 0 aliphatic heterocycles. The second kappa shape index (κ2) is 8.68. The van der Waals surface area contributed by atoms with E-state index >= 15 is 0 Å². The van der Waals surface area contributed by atoms with Gasteiger partial charge in [-0.1, -0.05) is 18.2 Å². The van der Waals surface area contributed by atoms with Crippen LogP contribution in [0.25, 0.3) is 0 Å². The van der Waals surface area contributed by atoms with Crippen molar-refractivity contribution in [3.05, 3.63) is 36.0 Å². The molecule has 0 aromatic carbocycles. The Labute approximate surface area is 119 Å². The van der Waals surface area contributed by atoms with Crippen molar-refractivity contribution in [3.63, 3.8) is 0 Å². The number of rotatable bonds is 8. The topological polar surface area (TPSA) is 101 Å². The number of aliphatic hydroxyl groups is 1. The Morgan fingerprint density at radius 1 is 1.35 bits per heavy atom. The van der Waals surface area contributed by atoms with Gasteiger partial charge in [0.05, 0.1) is 0 Å². The summed E-state index contributed by atoms with van der Waals surface area (Å²) in [6, 6.07) is 0. The molecular weight excluding hydrogens is 284 g/mol. The summed E-state index contributed by atoms with van der Waals surface area (Å²) in [5.74, 6) is -0.499. The van der Waals surface area contributed by atoms with Crippen LogP contribution in [-0.2, 0) is 19.6 Å². The van der Waals surface area contributed by atoms with Crippen molar-refractivity contribution in [2.75, 3.05) is 6.61 Å². The largest absolute Gasteiger partial charge is 0.458 e. The number of esters is 1. The van der Waals surface area contributed by atoms with E-state index in [0.29, 0.717) is 12.8 Å². The molecule has 0 aromatic rings. The summed E-state index contributed by atoms with van der Waals surface area (Å²) in [4.78, 5) is 10.8. The molecule has 0 saturated carbocycles. The summed E-state index contributed by atoms with van der Waals surface area (Å²) < 4.78 is 34.8. The fraction of sp³-hybridized carbons (Fsp3) is 0.462. The van der Waals surface area contributed by atoms with E-state index in [2.05, 4.69) is 6.58 Å². The van der Waals surface area contributed by atoms with Crippen molar-refractivity contribution in [3.8, 4) is 0 Å². The van der Waals surface area contributed by atoms with Crippen molar-refractivity contribution < 1.29 is 27.6 Å². The Bertz CT molecular complexity index is 501. The average molecular weight is 304 g/mol. The third-order valence-electron chi connectivity index (χ3n) is 2.50. The molecular formula is C13H20O6S. The minimum Gasteiger partial charge on any atom is -0.458 e. The molecule has 0 saturated heterocycles. The molecule has 0 aliphatic carbocycles. The summed E-state index contributed by atoms with van der Waals surface area (Å²) in [6.07, 6.45) is 5.44. The first-order valence-corrected chi connectivity index (χ1v) is 7.44. The zero-order valence-electron chi connectivity index (χ0n) is 11.6. The zero-order chi connectivity index (χ0) is 15.8. The normalized spacial score (nSPS) is 14.8. The maximum Gasteiger partial charge on any atom is 0.330 e. The van der Waals surface area contributed by atoms with Crippen LogP contribution < -0.4 is 0 Å². The van der Waals surface area contributed by atoms with Gasteiger partial charge in [0.15, 0.2) is 0 Å². The SMILES string of the molecule is C=CC(=O)OCC=C(C)CCC=C(C)C(O)S(=O)(=O)O. The van der Waals surface area contributed by atoms with Crippen molar-refractivity contribution >= 4 is 16.1 Å². The van der Waals surface area contributed by atoms with E-state index in [4.69, 9.17) is 9.29 Å². The lowest BCUT2D eigenvalue weighted by molar-refractivity contribution is -0.136. The number of carbonyl (C=O) groups excluding carboxylic acids is 1. The Kier molecular flexibility index (Phi) is 8.05. The smallest absolute Gasteiger partial charge is 0.330 e. The lowest BCUT2D eigenvalue weighted by atomic mass is 10.1. The maximum absolute atomic E-state index is 10.8. The van der Waals surface area contributed by atoms with Crippen LogP contribution in [0, 0.1) is 0 Å². The van der Waals surface area contributed by atoms with Gasteiger partial charge < -0.3 is 9.84 Å². The van der Waals surface area contributed by atoms with E-state index in [0.717, 1.165) is 11.6 Å².